The molecule has 0 atom stereocenters. The van der Waals surface area contributed by atoms with Crippen LogP contribution in [0.5, 0.6) is 0 Å². The average molecular weight is 274 g/mol. The van der Waals surface area contributed by atoms with Gasteiger partial charge in [-0.2, -0.15) is 0 Å². The summed E-state index contributed by atoms with van der Waals surface area (Å²) in [5.41, 5.74) is 1.57. The van der Waals surface area contributed by atoms with Crippen LogP contribution in [0.3, 0.4) is 0 Å². The predicted molar refractivity (Wildman–Crippen MR) is 79.4 cm³/mol. The van der Waals surface area contributed by atoms with Gasteiger partial charge in [0.1, 0.15) is 5.60 Å². The minimum absolute atomic E-state index is 0.230. The van der Waals surface area contributed by atoms with E-state index >= 15 is 0 Å². The summed E-state index contributed by atoms with van der Waals surface area (Å²) < 4.78 is 10.6. The molecule has 3 nitrogen and oxygen atoms in total. The van der Waals surface area contributed by atoms with Crippen LogP contribution in [-0.2, 0) is 20.7 Å². The van der Waals surface area contributed by atoms with Gasteiger partial charge in [-0.3, -0.25) is 4.79 Å². The molecule has 1 aromatic carbocycles. The molecule has 0 aliphatic heterocycles. The Labute approximate surface area is 121 Å². The number of hydrogen-bond donors (Lipinski definition) is 0. The van der Waals surface area contributed by atoms with Crippen molar-refractivity contribution in [1.82, 2.24) is 0 Å². The van der Waals surface area contributed by atoms with E-state index in [0.29, 0.717) is 13.2 Å². The van der Waals surface area contributed by atoms with Crippen LogP contribution in [0, 0.1) is 12.3 Å². The molecule has 0 N–H and O–H groups in total. The van der Waals surface area contributed by atoms with Crippen LogP contribution in [0.2, 0.25) is 0 Å². The summed E-state index contributed by atoms with van der Waals surface area (Å²) in [5, 5.41) is 0. The van der Waals surface area contributed by atoms with Gasteiger partial charge < -0.3 is 9.47 Å². The molecular formula is C17H22O3. The van der Waals surface area contributed by atoms with Crippen molar-refractivity contribution in [2.45, 2.75) is 39.2 Å². The fourth-order valence-corrected chi connectivity index (χ4v) is 1.66. The summed E-state index contributed by atoms with van der Waals surface area (Å²) in [6.07, 6.45) is 6.41. The number of benzene rings is 1. The third kappa shape index (κ3) is 6.96. The quantitative estimate of drug-likeness (QED) is 0.454. The lowest BCUT2D eigenvalue weighted by Crippen LogP contribution is -2.24. The number of carbonyl (C=O) groups is 1. The molecule has 0 heterocycles. The van der Waals surface area contributed by atoms with Crippen LogP contribution in [0.4, 0.5) is 0 Å². The molecule has 0 saturated heterocycles. The molecule has 0 spiro atoms. The maximum absolute atomic E-state index is 11.5. The molecule has 0 radical (unpaired) electrons. The van der Waals surface area contributed by atoms with Gasteiger partial charge in [-0.15, -0.1) is 6.42 Å². The first-order valence-electron chi connectivity index (χ1n) is 6.76. The maximum Gasteiger partial charge on any atom is 0.308 e. The van der Waals surface area contributed by atoms with E-state index in [9.17, 15) is 4.79 Å². The third-order valence-corrected chi connectivity index (χ3v) is 2.50. The smallest absolute Gasteiger partial charge is 0.308 e. The first-order valence-corrected chi connectivity index (χ1v) is 6.76. The Kier molecular flexibility index (Phi) is 6.27. The number of carbonyl (C=O) groups excluding carboxylic acids is 1. The van der Waals surface area contributed by atoms with Crippen molar-refractivity contribution >= 4 is 5.97 Å². The van der Waals surface area contributed by atoms with Gasteiger partial charge in [-0.1, -0.05) is 18.1 Å². The summed E-state index contributed by atoms with van der Waals surface area (Å²) in [4.78, 5) is 11.5. The molecule has 0 aromatic heterocycles. The van der Waals surface area contributed by atoms with Crippen molar-refractivity contribution in [3.05, 3.63) is 35.4 Å². The van der Waals surface area contributed by atoms with Crippen molar-refractivity contribution in [1.29, 1.82) is 0 Å². The highest BCUT2D eigenvalue weighted by Crippen LogP contribution is 2.08. The van der Waals surface area contributed by atoms with Gasteiger partial charge in [-0.25, -0.2) is 0 Å². The Balaban J connectivity index is 2.19. The number of esters is 1. The maximum atomic E-state index is 11.5. The number of ether oxygens (including phenoxy) is 2. The van der Waals surface area contributed by atoms with Gasteiger partial charge in [0.05, 0.1) is 19.6 Å². The van der Waals surface area contributed by atoms with Crippen LogP contribution in [0.25, 0.3) is 0 Å². The molecule has 0 amide bonds. The van der Waals surface area contributed by atoms with Crippen LogP contribution < -0.4 is 0 Å². The molecule has 0 aliphatic rings. The molecule has 0 fully saturated rings. The van der Waals surface area contributed by atoms with Crippen LogP contribution in [-0.4, -0.2) is 24.8 Å². The Morgan fingerprint density at radius 3 is 2.70 bits per heavy atom. The molecule has 0 bridgehead atoms. The van der Waals surface area contributed by atoms with Crippen molar-refractivity contribution in [2.75, 3.05) is 13.2 Å². The second-order valence-corrected chi connectivity index (χ2v) is 5.54. The fraction of sp³-hybridized carbons (Fsp3) is 0.471. The van der Waals surface area contributed by atoms with E-state index in [1.807, 2.05) is 45.0 Å². The summed E-state index contributed by atoms with van der Waals surface area (Å²) in [5.74, 6) is 2.37. The molecule has 108 valence electrons. The molecule has 0 aliphatic carbocycles. The average Bonchev–Trinajstić information content (AvgIpc) is 2.36. The normalized spacial score (nSPS) is 10.9. The molecule has 20 heavy (non-hydrogen) atoms. The van der Waals surface area contributed by atoms with E-state index in [2.05, 4.69) is 5.92 Å². The van der Waals surface area contributed by atoms with Gasteiger partial charge in [-0.05, 0) is 44.9 Å². The zero-order valence-corrected chi connectivity index (χ0v) is 12.4. The first-order chi connectivity index (χ1) is 9.40. The third-order valence-electron chi connectivity index (χ3n) is 2.50. The van der Waals surface area contributed by atoms with Crippen LogP contribution >= 0.6 is 0 Å². The predicted octanol–water partition coefficient (Wildman–Crippen LogP) is 2.96. The van der Waals surface area contributed by atoms with Gasteiger partial charge in [0, 0.05) is 5.56 Å². The van der Waals surface area contributed by atoms with E-state index in [-0.39, 0.29) is 12.4 Å². The van der Waals surface area contributed by atoms with Gasteiger partial charge in [0.15, 0.2) is 0 Å². The number of hydrogen-bond acceptors (Lipinski definition) is 3. The monoisotopic (exact) mass is 274 g/mol. The summed E-state index contributed by atoms with van der Waals surface area (Å²) in [7, 11) is 0. The summed E-state index contributed by atoms with van der Waals surface area (Å²) in [6, 6.07) is 7.81. The van der Waals surface area contributed by atoms with Crippen LogP contribution in [0.15, 0.2) is 24.3 Å². The highest BCUT2D eigenvalue weighted by molar-refractivity contribution is 5.69. The highest BCUT2D eigenvalue weighted by atomic mass is 16.6. The molecule has 0 saturated carbocycles. The zero-order valence-electron chi connectivity index (χ0n) is 12.4. The summed E-state index contributed by atoms with van der Waals surface area (Å²) in [6.45, 7) is 6.50. The Morgan fingerprint density at radius 2 is 2.05 bits per heavy atom. The van der Waals surface area contributed by atoms with Crippen molar-refractivity contribution in [3.63, 3.8) is 0 Å². The number of rotatable bonds is 6. The molecule has 1 aromatic rings. The lowest BCUT2D eigenvalue weighted by molar-refractivity contribution is -0.156. The van der Waals surface area contributed by atoms with Crippen molar-refractivity contribution < 1.29 is 14.3 Å². The Bertz CT molecular complexity index is 478. The fourth-order valence-electron chi connectivity index (χ4n) is 1.66. The molecule has 1 rings (SSSR count). The lowest BCUT2D eigenvalue weighted by atomic mass is 10.1. The molecule has 0 unspecified atom stereocenters. The topological polar surface area (TPSA) is 35.5 Å². The van der Waals surface area contributed by atoms with Gasteiger partial charge >= 0.3 is 5.97 Å². The molecule has 3 heteroatoms. The SMILES string of the molecule is C#Cc1cccc(CCOCCC(=O)OC(C)(C)C)c1. The van der Waals surface area contributed by atoms with E-state index in [4.69, 9.17) is 15.9 Å². The van der Waals surface area contributed by atoms with E-state index in [0.717, 1.165) is 17.5 Å². The van der Waals surface area contributed by atoms with Gasteiger partial charge in [0.2, 0.25) is 0 Å². The summed E-state index contributed by atoms with van der Waals surface area (Å²) >= 11 is 0. The largest absolute Gasteiger partial charge is 0.460 e. The van der Waals surface area contributed by atoms with Crippen LogP contribution in [0.1, 0.15) is 38.3 Å². The Hall–Kier alpha value is -1.79. The minimum atomic E-state index is -0.438. The van der Waals surface area contributed by atoms with Crippen molar-refractivity contribution in [3.8, 4) is 12.3 Å². The minimum Gasteiger partial charge on any atom is -0.460 e. The second kappa shape index (κ2) is 7.72. The zero-order chi connectivity index (χ0) is 15.0. The Morgan fingerprint density at radius 1 is 1.30 bits per heavy atom. The van der Waals surface area contributed by atoms with Crippen molar-refractivity contribution in [2.24, 2.45) is 0 Å². The number of terminal acetylenes is 1. The first kappa shape index (κ1) is 16.3. The standard InChI is InChI=1S/C17H22O3/c1-5-14-7-6-8-15(13-14)9-11-19-12-10-16(18)20-17(2,3)4/h1,6-8,13H,9-12H2,2-4H3. The lowest BCUT2D eigenvalue weighted by Gasteiger charge is -2.19. The second-order valence-electron chi connectivity index (χ2n) is 5.54. The van der Waals surface area contributed by atoms with Gasteiger partial charge in [0.25, 0.3) is 0 Å². The molecular weight excluding hydrogens is 252 g/mol. The van der Waals surface area contributed by atoms with E-state index in [1.54, 1.807) is 0 Å². The highest BCUT2D eigenvalue weighted by Gasteiger charge is 2.15. The van der Waals surface area contributed by atoms with E-state index in [1.165, 1.54) is 0 Å². The van der Waals surface area contributed by atoms with E-state index < -0.39 is 5.60 Å².